The van der Waals surface area contributed by atoms with E-state index in [1.54, 1.807) is 0 Å². The molecule has 68 valence electrons. The van der Waals surface area contributed by atoms with E-state index in [4.69, 9.17) is 5.73 Å². The van der Waals surface area contributed by atoms with E-state index in [9.17, 15) is 0 Å². The van der Waals surface area contributed by atoms with Crippen molar-refractivity contribution in [2.45, 2.75) is 6.42 Å². The number of rotatable bonds is 5. The Kier molecular flexibility index (Phi) is 8.18. The summed E-state index contributed by atoms with van der Waals surface area (Å²) in [5.41, 5.74) is 5.40. The van der Waals surface area contributed by atoms with Crippen molar-refractivity contribution in [1.82, 2.24) is 0 Å². The number of hydrogen-bond donors (Lipinski definition) is 1. The lowest BCUT2D eigenvalue weighted by Gasteiger charge is -2.27. The number of nitrogens with two attached hydrogens (primary N) is 1. The van der Waals surface area contributed by atoms with E-state index in [0.29, 0.717) is 0 Å². The van der Waals surface area contributed by atoms with Crippen LogP contribution in [0.15, 0.2) is 12.7 Å². The Bertz CT molecular complexity index is 102. The van der Waals surface area contributed by atoms with E-state index in [0.717, 1.165) is 30.5 Å². The monoisotopic (exact) mass is 178 g/mol. The smallest absolute Gasteiger partial charge is 0.0966 e. The third kappa shape index (κ3) is 7.85. The van der Waals surface area contributed by atoms with Gasteiger partial charge >= 0.3 is 0 Å². The van der Waals surface area contributed by atoms with Gasteiger partial charge in [0.05, 0.1) is 27.2 Å². The molecule has 0 aromatic carbocycles. The van der Waals surface area contributed by atoms with Crippen molar-refractivity contribution in [3.05, 3.63) is 12.7 Å². The van der Waals surface area contributed by atoms with Crippen LogP contribution in [-0.2, 0) is 0 Å². The van der Waals surface area contributed by atoms with Crippen LogP contribution in [0, 0.1) is 0 Å². The van der Waals surface area contributed by atoms with Crippen LogP contribution in [-0.4, -0.2) is 38.2 Å². The lowest BCUT2D eigenvalue weighted by atomic mass is 10.3. The zero-order valence-electron chi connectivity index (χ0n) is 7.52. The largest absolute Gasteiger partial charge is 1.00 e. The molecule has 0 fully saturated rings. The summed E-state index contributed by atoms with van der Waals surface area (Å²) in [6.45, 7) is 6.67. The third-order valence-electron chi connectivity index (χ3n) is 1.59. The lowest BCUT2D eigenvalue weighted by Crippen LogP contribution is -3.00. The van der Waals surface area contributed by atoms with Crippen LogP contribution in [0.2, 0.25) is 0 Å². The zero-order chi connectivity index (χ0) is 8.04. The van der Waals surface area contributed by atoms with E-state index in [1.807, 2.05) is 6.08 Å². The second kappa shape index (κ2) is 6.65. The van der Waals surface area contributed by atoms with Crippen LogP contribution in [0.3, 0.4) is 0 Å². The highest BCUT2D eigenvalue weighted by atomic mass is 35.5. The molecule has 0 saturated carbocycles. The lowest BCUT2D eigenvalue weighted by molar-refractivity contribution is -0.884. The van der Waals surface area contributed by atoms with Gasteiger partial charge in [0.25, 0.3) is 0 Å². The standard InChI is InChI=1S/C8H19N2.ClH/c1-4-7-10(2,3)8-5-6-9;/h4H,1,5-9H2,2-3H3;1H/q+1;/p-1. The molecular formula is C8H19ClN2. The summed E-state index contributed by atoms with van der Waals surface area (Å²) < 4.78 is 1.00. The molecule has 0 aliphatic carbocycles. The molecule has 0 spiro atoms. The molecule has 11 heavy (non-hydrogen) atoms. The minimum Gasteiger partial charge on any atom is -1.00 e. The first-order chi connectivity index (χ1) is 4.62. The first-order valence-corrected chi connectivity index (χ1v) is 3.75. The Hall–Kier alpha value is -0.0500. The Balaban J connectivity index is 0. The molecule has 0 aliphatic rings. The van der Waals surface area contributed by atoms with Crippen molar-refractivity contribution >= 4 is 0 Å². The average molecular weight is 179 g/mol. The van der Waals surface area contributed by atoms with Gasteiger partial charge in [0.2, 0.25) is 0 Å². The van der Waals surface area contributed by atoms with Gasteiger partial charge in [0.1, 0.15) is 0 Å². The first kappa shape index (κ1) is 13.5. The van der Waals surface area contributed by atoms with Gasteiger partial charge < -0.3 is 22.6 Å². The van der Waals surface area contributed by atoms with Crippen molar-refractivity contribution in [2.75, 3.05) is 33.7 Å². The normalized spacial score (nSPS) is 10.5. The summed E-state index contributed by atoms with van der Waals surface area (Å²) in [6.07, 6.45) is 3.05. The van der Waals surface area contributed by atoms with E-state index < -0.39 is 0 Å². The van der Waals surface area contributed by atoms with Gasteiger partial charge in [-0.15, -0.1) is 0 Å². The molecular weight excluding hydrogens is 160 g/mol. The molecule has 3 heteroatoms. The molecule has 0 atom stereocenters. The van der Waals surface area contributed by atoms with E-state index in [2.05, 4.69) is 20.7 Å². The fourth-order valence-corrected chi connectivity index (χ4v) is 0.960. The number of hydrogen-bond acceptors (Lipinski definition) is 1. The van der Waals surface area contributed by atoms with E-state index >= 15 is 0 Å². The highest BCUT2D eigenvalue weighted by Gasteiger charge is 2.10. The predicted octanol–water partition coefficient (Wildman–Crippen LogP) is -2.40. The summed E-state index contributed by atoms with van der Waals surface area (Å²) in [5.74, 6) is 0. The van der Waals surface area contributed by atoms with Crippen LogP contribution in [0.4, 0.5) is 0 Å². The minimum atomic E-state index is 0. The van der Waals surface area contributed by atoms with Crippen molar-refractivity contribution < 1.29 is 16.9 Å². The van der Waals surface area contributed by atoms with Gasteiger partial charge in [-0.25, -0.2) is 0 Å². The zero-order valence-corrected chi connectivity index (χ0v) is 8.27. The van der Waals surface area contributed by atoms with Crippen LogP contribution < -0.4 is 18.1 Å². The van der Waals surface area contributed by atoms with Gasteiger partial charge in [-0.05, 0) is 12.6 Å². The summed E-state index contributed by atoms with van der Waals surface area (Å²) in [7, 11) is 4.38. The number of likely N-dealkylation sites (N-methyl/N-ethyl adjacent to an activating group) is 1. The SMILES string of the molecule is C=CC[N+](C)(C)CCCN.[Cl-]. The molecule has 0 radical (unpaired) electrons. The molecule has 0 heterocycles. The highest BCUT2D eigenvalue weighted by Crippen LogP contribution is 1.97. The number of nitrogens with zero attached hydrogens (tertiary/aromatic N) is 1. The molecule has 0 aliphatic heterocycles. The molecule has 0 rings (SSSR count). The van der Waals surface area contributed by atoms with E-state index in [1.165, 1.54) is 0 Å². The maximum Gasteiger partial charge on any atom is 0.0966 e. The average Bonchev–Trinajstić information content (AvgIpc) is 1.84. The molecule has 2 nitrogen and oxygen atoms in total. The minimum absolute atomic E-state index is 0. The van der Waals surface area contributed by atoms with Gasteiger partial charge in [-0.1, -0.05) is 6.58 Å². The Morgan fingerprint density at radius 1 is 1.45 bits per heavy atom. The van der Waals surface area contributed by atoms with Gasteiger partial charge in [-0.2, -0.15) is 0 Å². The summed E-state index contributed by atoms with van der Waals surface area (Å²) in [6, 6.07) is 0. The predicted molar refractivity (Wildman–Crippen MR) is 45.7 cm³/mol. The molecule has 0 aromatic rings. The van der Waals surface area contributed by atoms with E-state index in [-0.39, 0.29) is 12.4 Å². The van der Waals surface area contributed by atoms with Crippen LogP contribution in [0.1, 0.15) is 6.42 Å². The molecule has 0 aromatic heterocycles. The van der Waals surface area contributed by atoms with Crippen molar-refractivity contribution in [1.29, 1.82) is 0 Å². The van der Waals surface area contributed by atoms with Crippen molar-refractivity contribution in [2.24, 2.45) is 5.73 Å². The second-order valence-corrected chi connectivity index (χ2v) is 3.27. The second-order valence-electron chi connectivity index (χ2n) is 3.27. The van der Waals surface area contributed by atoms with Crippen LogP contribution >= 0.6 is 0 Å². The Labute approximate surface area is 76.1 Å². The summed E-state index contributed by atoms with van der Waals surface area (Å²) >= 11 is 0. The first-order valence-electron chi connectivity index (χ1n) is 3.75. The Morgan fingerprint density at radius 3 is 2.36 bits per heavy atom. The van der Waals surface area contributed by atoms with Crippen molar-refractivity contribution in [3.8, 4) is 0 Å². The molecule has 0 saturated heterocycles. The van der Waals surface area contributed by atoms with Crippen molar-refractivity contribution in [3.63, 3.8) is 0 Å². The Morgan fingerprint density at radius 2 is 2.00 bits per heavy atom. The maximum absolute atomic E-state index is 5.40. The number of quaternary nitrogens is 1. The van der Waals surface area contributed by atoms with Crippen LogP contribution in [0.25, 0.3) is 0 Å². The quantitative estimate of drug-likeness (QED) is 0.369. The number of halogens is 1. The summed E-state index contributed by atoms with van der Waals surface area (Å²) in [5, 5.41) is 0. The molecule has 0 bridgehead atoms. The fourth-order valence-electron chi connectivity index (χ4n) is 0.960. The van der Waals surface area contributed by atoms with Gasteiger partial charge in [0, 0.05) is 6.42 Å². The van der Waals surface area contributed by atoms with Gasteiger partial charge in [0.15, 0.2) is 0 Å². The van der Waals surface area contributed by atoms with Gasteiger partial charge in [-0.3, -0.25) is 0 Å². The molecule has 0 amide bonds. The molecule has 2 N–H and O–H groups in total. The maximum atomic E-state index is 5.40. The third-order valence-corrected chi connectivity index (χ3v) is 1.59. The highest BCUT2D eigenvalue weighted by molar-refractivity contribution is 4.64. The summed E-state index contributed by atoms with van der Waals surface area (Å²) in [4.78, 5) is 0. The van der Waals surface area contributed by atoms with Crippen LogP contribution in [0.5, 0.6) is 0 Å². The topological polar surface area (TPSA) is 26.0 Å². The fraction of sp³-hybridized carbons (Fsp3) is 0.750. The molecule has 0 unspecified atom stereocenters.